The Balaban J connectivity index is 3.26. The highest BCUT2D eigenvalue weighted by molar-refractivity contribution is 6.00. The second kappa shape index (κ2) is 7.63. The third kappa shape index (κ3) is 3.86. The molecule has 1 aromatic rings. The van der Waals surface area contributed by atoms with Crippen LogP contribution in [0.5, 0.6) is 11.5 Å². The predicted molar refractivity (Wildman–Crippen MR) is 76.4 cm³/mol. The summed E-state index contributed by atoms with van der Waals surface area (Å²) in [4.78, 5) is 4.85. The van der Waals surface area contributed by atoms with Crippen LogP contribution in [0, 0.1) is 0 Å². The van der Waals surface area contributed by atoms with Crippen LogP contribution in [-0.4, -0.2) is 40.6 Å². The summed E-state index contributed by atoms with van der Waals surface area (Å²) in [6.07, 6.45) is 0.878. The number of rotatable bonds is 7. The van der Waals surface area contributed by atoms with Crippen molar-refractivity contribution < 1.29 is 14.3 Å². The minimum Gasteiger partial charge on any atom is -0.493 e. The summed E-state index contributed by atoms with van der Waals surface area (Å²) >= 11 is 0. The standard InChI is InChI=1S/C14H22N2O3/c1-10(16-19-5)12-9-14(18-4)13(17-3)8-11(12)6-7-15-2/h8-9,15H,6-7H2,1-5H3/b16-10-. The van der Waals surface area contributed by atoms with Crippen LogP contribution in [-0.2, 0) is 11.3 Å². The molecule has 0 amide bonds. The van der Waals surface area contributed by atoms with Gasteiger partial charge in [-0.05, 0) is 44.6 Å². The van der Waals surface area contributed by atoms with E-state index < -0.39 is 0 Å². The lowest BCUT2D eigenvalue weighted by Gasteiger charge is -2.14. The maximum Gasteiger partial charge on any atom is 0.161 e. The summed E-state index contributed by atoms with van der Waals surface area (Å²) in [5.41, 5.74) is 2.97. The molecule has 0 saturated heterocycles. The zero-order valence-corrected chi connectivity index (χ0v) is 12.2. The van der Waals surface area contributed by atoms with Gasteiger partial charge in [0.1, 0.15) is 7.11 Å². The first kappa shape index (κ1) is 15.3. The van der Waals surface area contributed by atoms with Crippen LogP contribution in [0.15, 0.2) is 17.3 Å². The number of methoxy groups -OCH3 is 2. The number of ether oxygens (including phenoxy) is 2. The molecule has 0 aliphatic rings. The third-order valence-corrected chi connectivity index (χ3v) is 2.87. The van der Waals surface area contributed by atoms with E-state index in [0.717, 1.165) is 35.6 Å². The Morgan fingerprint density at radius 3 is 2.32 bits per heavy atom. The molecule has 0 aliphatic carbocycles. The Morgan fingerprint density at radius 2 is 1.79 bits per heavy atom. The fourth-order valence-corrected chi connectivity index (χ4v) is 1.91. The van der Waals surface area contributed by atoms with Crippen molar-refractivity contribution in [2.24, 2.45) is 5.16 Å². The van der Waals surface area contributed by atoms with E-state index in [1.54, 1.807) is 14.2 Å². The summed E-state index contributed by atoms with van der Waals surface area (Å²) in [6, 6.07) is 3.92. The summed E-state index contributed by atoms with van der Waals surface area (Å²) in [7, 11) is 6.72. The first-order valence-electron chi connectivity index (χ1n) is 6.15. The van der Waals surface area contributed by atoms with Gasteiger partial charge >= 0.3 is 0 Å². The van der Waals surface area contributed by atoms with Crippen molar-refractivity contribution in [1.82, 2.24) is 5.32 Å². The number of hydrogen-bond acceptors (Lipinski definition) is 5. The van der Waals surface area contributed by atoms with Crippen LogP contribution in [0.1, 0.15) is 18.1 Å². The lowest BCUT2D eigenvalue weighted by atomic mass is 10.00. The summed E-state index contributed by atoms with van der Waals surface area (Å²) in [5.74, 6) is 1.42. The van der Waals surface area contributed by atoms with E-state index in [9.17, 15) is 0 Å². The van der Waals surface area contributed by atoms with Gasteiger partial charge in [-0.2, -0.15) is 0 Å². The molecule has 0 heterocycles. The quantitative estimate of drug-likeness (QED) is 0.604. The molecule has 0 saturated carbocycles. The normalized spacial score (nSPS) is 11.3. The molecule has 1 rings (SSSR count). The van der Waals surface area contributed by atoms with Crippen molar-refractivity contribution in [3.8, 4) is 11.5 Å². The van der Waals surface area contributed by atoms with Crippen LogP contribution >= 0.6 is 0 Å². The Bertz CT molecular complexity index is 445. The highest BCUT2D eigenvalue weighted by Gasteiger charge is 2.13. The molecule has 1 aromatic carbocycles. The molecule has 5 heteroatoms. The number of likely N-dealkylation sites (N-methyl/N-ethyl adjacent to an activating group) is 1. The zero-order chi connectivity index (χ0) is 14.3. The molecular weight excluding hydrogens is 244 g/mol. The Kier molecular flexibility index (Phi) is 6.15. The predicted octanol–water partition coefficient (Wildman–Crippen LogP) is 1.84. The Hall–Kier alpha value is -1.75. The van der Waals surface area contributed by atoms with Gasteiger partial charge < -0.3 is 19.6 Å². The molecule has 5 nitrogen and oxygen atoms in total. The molecule has 0 radical (unpaired) electrons. The second-order valence-electron chi connectivity index (χ2n) is 4.08. The topological polar surface area (TPSA) is 52.1 Å². The average molecular weight is 266 g/mol. The first-order chi connectivity index (χ1) is 9.17. The Morgan fingerprint density at radius 1 is 1.16 bits per heavy atom. The highest BCUT2D eigenvalue weighted by Crippen LogP contribution is 2.31. The molecule has 0 unspecified atom stereocenters. The smallest absolute Gasteiger partial charge is 0.161 e. The molecule has 0 aliphatic heterocycles. The fourth-order valence-electron chi connectivity index (χ4n) is 1.91. The van der Waals surface area contributed by atoms with Gasteiger partial charge in [0.25, 0.3) is 0 Å². The van der Waals surface area contributed by atoms with E-state index in [0.29, 0.717) is 5.75 Å². The largest absolute Gasteiger partial charge is 0.493 e. The van der Waals surface area contributed by atoms with Crippen LogP contribution in [0.25, 0.3) is 0 Å². The fraction of sp³-hybridized carbons (Fsp3) is 0.500. The van der Waals surface area contributed by atoms with Crippen molar-refractivity contribution in [2.75, 3.05) is 34.9 Å². The van der Waals surface area contributed by atoms with Gasteiger partial charge in [0.2, 0.25) is 0 Å². The van der Waals surface area contributed by atoms with E-state index in [-0.39, 0.29) is 0 Å². The summed E-state index contributed by atoms with van der Waals surface area (Å²) in [5, 5.41) is 7.13. The lowest BCUT2D eigenvalue weighted by molar-refractivity contribution is 0.213. The van der Waals surface area contributed by atoms with Crippen LogP contribution in [0.4, 0.5) is 0 Å². The van der Waals surface area contributed by atoms with Crippen LogP contribution in [0.3, 0.4) is 0 Å². The number of hydrogen-bond donors (Lipinski definition) is 1. The number of benzene rings is 1. The van der Waals surface area contributed by atoms with Gasteiger partial charge in [0.05, 0.1) is 19.9 Å². The van der Waals surface area contributed by atoms with E-state index in [1.165, 1.54) is 7.11 Å². The molecular formula is C14H22N2O3. The number of nitrogens with one attached hydrogen (secondary N) is 1. The molecule has 0 spiro atoms. The van der Waals surface area contributed by atoms with E-state index in [4.69, 9.17) is 14.3 Å². The van der Waals surface area contributed by atoms with E-state index in [2.05, 4.69) is 10.5 Å². The van der Waals surface area contributed by atoms with Gasteiger partial charge in [0, 0.05) is 5.56 Å². The molecule has 106 valence electrons. The van der Waals surface area contributed by atoms with Crippen LogP contribution < -0.4 is 14.8 Å². The molecule has 19 heavy (non-hydrogen) atoms. The zero-order valence-electron chi connectivity index (χ0n) is 12.2. The summed E-state index contributed by atoms with van der Waals surface area (Å²) in [6.45, 7) is 2.79. The molecule has 0 atom stereocenters. The first-order valence-corrected chi connectivity index (χ1v) is 6.15. The SMILES string of the molecule is CNCCc1cc(OC)c(OC)cc1/C(C)=N\OC. The average Bonchev–Trinajstić information content (AvgIpc) is 2.44. The van der Waals surface area contributed by atoms with Crippen molar-refractivity contribution in [2.45, 2.75) is 13.3 Å². The van der Waals surface area contributed by atoms with Crippen molar-refractivity contribution in [1.29, 1.82) is 0 Å². The van der Waals surface area contributed by atoms with Gasteiger partial charge in [-0.15, -0.1) is 0 Å². The van der Waals surface area contributed by atoms with Gasteiger partial charge in [-0.1, -0.05) is 5.16 Å². The maximum atomic E-state index is 5.34. The monoisotopic (exact) mass is 266 g/mol. The van der Waals surface area contributed by atoms with Crippen molar-refractivity contribution in [3.63, 3.8) is 0 Å². The molecule has 0 fully saturated rings. The van der Waals surface area contributed by atoms with Crippen LogP contribution in [0.2, 0.25) is 0 Å². The van der Waals surface area contributed by atoms with Crippen molar-refractivity contribution in [3.05, 3.63) is 23.3 Å². The molecule has 0 aromatic heterocycles. The van der Waals surface area contributed by atoms with Crippen molar-refractivity contribution >= 4 is 5.71 Å². The van der Waals surface area contributed by atoms with Gasteiger partial charge in [0.15, 0.2) is 11.5 Å². The number of nitrogens with zero attached hydrogens (tertiary/aromatic N) is 1. The number of oxime groups is 1. The van der Waals surface area contributed by atoms with Gasteiger partial charge in [-0.25, -0.2) is 0 Å². The minimum atomic E-state index is 0.691. The lowest BCUT2D eigenvalue weighted by Crippen LogP contribution is -2.13. The summed E-state index contributed by atoms with van der Waals surface area (Å²) < 4.78 is 10.7. The molecule has 0 bridgehead atoms. The van der Waals surface area contributed by atoms with E-state index in [1.807, 2.05) is 26.1 Å². The second-order valence-corrected chi connectivity index (χ2v) is 4.08. The third-order valence-electron chi connectivity index (χ3n) is 2.87. The Labute approximate surface area is 114 Å². The van der Waals surface area contributed by atoms with Gasteiger partial charge in [-0.3, -0.25) is 0 Å². The van der Waals surface area contributed by atoms with E-state index >= 15 is 0 Å². The molecule has 1 N–H and O–H groups in total. The minimum absolute atomic E-state index is 0.691. The highest BCUT2D eigenvalue weighted by atomic mass is 16.6. The maximum absolute atomic E-state index is 5.34.